The molecule has 0 amide bonds. The van der Waals surface area contributed by atoms with Crippen molar-refractivity contribution in [2.75, 3.05) is 5.43 Å². The number of hydrazone groups is 1. The second kappa shape index (κ2) is 6.79. The number of ketones is 2. The van der Waals surface area contributed by atoms with Crippen molar-refractivity contribution in [3.8, 4) is 0 Å². The number of allylic oxidation sites excluding steroid dienone is 4. The highest BCUT2D eigenvalue weighted by Gasteiger charge is 2.40. The first kappa shape index (κ1) is 17.0. The molecule has 0 saturated heterocycles. The number of tetrazole rings is 1. The Hall–Kier alpha value is -4.14. The van der Waals surface area contributed by atoms with Gasteiger partial charge in [-0.2, -0.15) is 10.3 Å². The summed E-state index contributed by atoms with van der Waals surface area (Å²) in [5, 5.41) is 17.1. The molecule has 0 saturated carbocycles. The van der Waals surface area contributed by atoms with Gasteiger partial charge in [-0.15, -0.1) is 5.10 Å². The SMILES string of the molecule is O=C1c2ccccc2C(=O)C2C=C(c3ccc(/C=N/Nc4nn[nH]n4)o3)C=CC12. The molecule has 0 fully saturated rings. The van der Waals surface area contributed by atoms with E-state index < -0.39 is 11.8 Å². The van der Waals surface area contributed by atoms with E-state index in [1.165, 1.54) is 6.21 Å². The van der Waals surface area contributed by atoms with E-state index in [-0.39, 0.29) is 17.5 Å². The van der Waals surface area contributed by atoms with Crippen LogP contribution in [0.4, 0.5) is 5.95 Å². The van der Waals surface area contributed by atoms with Gasteiger partial charge in [0, 0.05) is 16.7 Å². The number of benzene rings is 1. The monoisotopic (exact) mass is 386 g/mol. The molecule has 142 valence electrons. The Morgan fingerprint density at radius 1 is 1.07 bits per heavy atom. The first-order valence-corrected chi connectivity index (χ1v) is 8.91. The maximum atomic E-state index is 12.9. The van der Waals surface area contributed by atoms with Gasteiger partial charge in [-0.3, -0.25) is 9.59 Å². The van der Waals surface area contributed by atoms with E-state index in [4.69, 9.17) is 4.42 Å². The number of hydrogen-bond acceptors (Lipinski definition) is 8. The molecule has 29 heavy (non-hydrogen) atoms. The van der Waals surface area contributed by atoms with E-state index in [0.717, 1.165) is 5.57 Å². The van der Waals surface area contributed by atoms with Crippen LogP contribution in [0.3, 0.4) is 0 Å². The highest BCUT2D eigenvalue weighted by atomic mass is 16.3. The molecule has 3 aromatic rings. The molecule has 9 heteroatoms. The molecule has 2 aromatic heterocycles. The molecule has 0 bridgehead atoms. The predicted molar refractivity (Wildman–Crippen MR) is 103 cm³/mol. The number of Topliss-reactive ketones (excluding diaryl/α,β-unsaturated/α-hetero) is 2. The number of nitrogens with zero attached hydrogens (tertiary/aromatic N) is 4. The lowest BCUT2D eigenvalue weighted by Gasteiger charge is -2.29. The normalized spacial score (nSPS) is 20.5. The van der Waals surface area contributed by atoms with Crippen LogP contribution < -0.4 is 5.43 Å². The Morgan fingerprint density at radius 2 is 1.86 bits per heavy atom. The van der Waals surface area contributed by atoms with Crippen molar-refractivity contribution < 1.29 is 14.0 Å². The van der Waals surface area contributed by atoms with Gasteiger partial charge in [-0.25, -0.2) is 5.43 Å². The lowest BCUT2D eigenvalue weighted by atomic mass is 9.71. The van der Waals surface area contributed by atoms with Gasteiger partial charge in [-0.05, 0) is 17.3 Å². The van der Waals surface area contributed by atoms with Gasteiger partial charge in [0.25, 0.3) is 5.95 Å². The molecule has 2 unspecified atom stereocenters. The summed E-state index contributed by atoms with van der Waals surface area (Å²) in [5.41, 5.74) is 4.32. The third kappa shape index (κ3) is 2.98. The average Bonchev–Trinajstić information content (AvgIpc) is 3.44. The van der Waals surface area contributed by atoms with Crippen molar-refractivity contribution in [2.24, 2.45) is 16.9 Å². The topological polar surface area (TPSA) is 126 Å². The van der Waals surface area contributed by atoms with E-state index in [1.807, 2.05) is 6.08 Å². The minimum atomic E-state index is -0.528. The van der Waals surface area contributed by atoms with Crippen LogP contribution in [0.15, 0.2) is 64.1 Å². The van der Waals surface area contributed by atoms with Crippen molar-refractivity contribution in [1.82, 2.24) is 20.6 Å². The van der Waals surface area contributed by atoms with Crippen LogP contribution in [0.1, 0.15) is 32.2 Å². The van der Waals surface area contributed by atoms with Crippen LogP contribution in [-0.2, 0) is 0 Å². The van der Waals surface area contributed by atoms with Crippen molar-refractivity contribution >= 4 is 29.3 Å². The zero-order valence-electron chi connectivity index (χ0n) is 14.9. The Balaban J connectivity index is 1.38. The van der Waals surface area contributed by atoms with Crippen LogP contribution in [0.25, 0.3) is 5.57 Å². The van der Waals surface area contributed by atoms with E-state index in [9.17, 15) is 9.59 Å². The number of aromatic nitrogens is 4. The molecular formula is C20H14N6O3. The van der Waals surface area contributed by atoms with Crippen molar-refractivity contribution in [1.29, 1.82) is 0 Å². The Bertz CT molecular complexity index is 1190. The number of anilines is 1. The number of H-pyrrole nitrogens is 1. The second-order valence-electron chi connectivity index (χ2n) is 6.61. The van der Waals surface area contributed by atoms with Gasteiger partial charge >= 0.3 is 0 Å². The van der Waals surface area contributed by atoms with Crippen LogP contribution in [0.5, 0.6) is 0 Å². The molecule has 2 heterocycles. The number of carbonyl (C=O) groups excluding carboxylic acids is 2. The molecule has 2 aliphatic rings. The van der Waals surface area contributed by atoms with Crippen molar-refractivity contribution in [2.45, 2.75) is 0 Å². The minimum Gasteiger partial charge on any atom is -0.455 e. The van der Waals surface area contributed by atoms with Gasteiger partial charge in [0.2, 0.25) is 0 Å². The maximum absolute atomic E-state index is 12.9. The quantitative estimate of drug-likeness (QED) is 0.521. The van der Waals surface area contributed by atoms with Gasteiger partial charge in [-0.1, -0.05) is 47.6 Å². The molecule has 9 nitrogen and oxygen atoms in total. The summed E-state index contributed by atoms with van der Waals surface area (Å²) in [7, 11) is 0. The number of aromatic amines is 1. The average molecular weight is 386 g/mol. The minimum absolute atomic E-state index is 0.0310. The predicted octanol–water partition coefficient (Wildman–Crippen LogP) is 2.50. The third-order valence-corrected chi connectivity index (χ3v) is 4.91. The number of hydrogen-bond donors (Lipinski definition) is 2. The van der Waals surface area contributed by atoms with Gasteiger partial charge in [0.1, 0.15) is 11.5 Å². The molecule has 0 radical (unpaired) electrons. The number of fused-ring (bicyclic) bond motifs is 2. The van der Waals surface area contributed by atoms with Crippen molar-refractivity contribution in [3.05, 3.63) is 77.3 Å². The summed E-state index contributed by atoms with van der Waals surface area (Å²) in [5.74, 6) is 0.235. The fourth-order valence-electron chi connectivity index (χ4n) is 3.55. The fourth-order valence-corrected chi connectivity index (χ4v) is 3.55. The first-order valence-electron chi connectivity index (χ1n) is 8.91. The highest BCUT2D eigenvalue weighted by molar-refractivity contribution is 6.18. The number of rotatable bonds is 4. The van der Waals surface area contributed by atoms with Crippen LogP contribution in [0, 0.1) is 11.8 Å². The Morgan fingerprint density at radius 3 is 2.62 bits per heavy atom. The van der Waals surface area contributed by atoms with E-state index in [2.05, 4.69) is 31.2 Å². The lowest BCUT2D eigenvalue weighted by Crippen LogP contribution is -2.35. The fraction of sp³-hybridized carbons (Fsp3) is 0.100. The molecule has 2 atom stereocenters. The zero-order valence-corrected chi connectivity index (χ0v) is 14.9. The smallest absolute Gasteiger partial charge is 0.283 e. The Labute approximate surface area is 164 Å². The summed E-state index contributed by atoms with van der Waals surface area (Å²) >= 11 is 0. The van der Waals surface area contributed by atoms with Crippen molar-refractivity contribution in [3.63, 3.8) is 0 Å². The third-order valence-electron chi connectivity index (χ3n) is 4.91. The van der Waals surface area contributed by atoms with Crippen LogP contribution in [-0.4, -0.2) is 38.4 Å². The molecule has 5 rings (SSSR count). The van der Waals surface area contributed by atoms with Gasteiger partial charge < -0.3 is 4.42 Å². The summed E-state index contributed by atoms with van der Waals surface area (Å²) in [6, 6.07) is 10.5. The zero-order chi connectivity index (χ0) is 19.8. The standard InChI is InChI=1S/C20H14N6O3/c27-18-13-3-1-2-4-14(13)19(28)16-9-11(5-7-15(16)18)17-8-6-12(29-17)10-21-22-20-23-25-26-24-20/h1-10,15-16H,(H2,22,23,24,25,26)/b21-10+. The Kier molecular flexibility index (Phi) is 3.98. The molecule has 2 aliphatic carbocycles. The van der Waals surface area contributed by atoms with Gasteiger partial charge in [0.05, 0.1) is 18.1 Å². The highest BCUT2D eigenvalue weighted by Crippen LogP contribution is 2.37. The summed E-state index contributed by atoms with van der Waals surface area (Å²) < 4.78 is 5.78. The van der Waals surface area contributed by atoms with E-state index in [1.54, 1.807) is 48.6 Å². The summed E-state index contributed by atoms with van der Waals surface area (Å²) in [6.45, 7) is 0. The molecule has 2 N–H and O–H groups in total. The number of nitrogens with one attached hydrogen (secondary N) is 2. The molecule has 1 aromatic carbocycles. The van der Waals surface area contributed by atoms with Crippen LogP contribution in [0.2, 0.25) is 0 Å². The lowest BCUT2D eigenvalue weighted by molar-refractivity contribution is 0.0802. The molecule has 0 aliphatic heterocycles. The largest absolute Gasteiger partial charge is 0.455 e. The second-order valence-corrected chi connectivity index (χ2v) is 6.61. The van der Waals surface area contributed by atoms with Gasteiger partial charge in [0.15, 0.2) is 11.6 Å². The maximum Gasteiger partial charge on any atom is 0.283 e. The molecular weight excluding hydrogens is 372 g/mol. The van der Waals surface area contributed by atoms with E-state index in [0.29, 0.717) is 22.6 Å². The first-order chi connectivity index (χ1) is 14.2. The number of furan rings is 1. The number of carbonyl (C=O) groups is 2. The molecule has 0 spiro atoms. The van der Waals surface area contributed by atoms with E-state index >= 15 is 0 Å². The summed E-state index contributed by atoms with van der Waals surface area (Å²) in [4.78, 5) is 25.7. The summed E-state index contributed by atoms with van der Waals surface area (Å²) in [6.07, 6.45) is 6.88. The van der Waals surface area contributed by atoms with Crippen LogP contribution >= 0.6 is 0 Å².